The Hall–Kier alpha value is -1.60. The first-order valence-corrected chi connectivity index (χ1v) is 6.45. The van der Waals surface area contributed by atoms with Gasteiger partial charge in [0, 0.05) is 15.7 Å². The van der Waals surface area contributed by atoms with Crippen LogP contribution in [-0.2, 0) is 9.53 Å². The van der Waals surface area contributed by atoms with Crippen LogP contribution in [0.2, 0.25) is 0 Å². The second kappa shape index (κ2) is 5.58. The zero-order chi connectivity index (χ0) is 14.0. The molecule has 1 saturated heterocycles. The number of hydrogen-bond acceptors (Lipinski definition) is 4. The van der Waals surface area contributed by atoms with Crippen molar-refractivity contribution in [3.8, 4) is 0 Å². The molecule has 1 aromatic rings. The third-order valence-electron chi connectivity index (χ3n) is 2.98. The summed E-state index contributed by atoms with van der Waals surface area (Å²) in [5.74, 6) is -2.02. The van der Waals surface area contributed by atoms with Gasteiger partial charge in [0.1, 0.15) is 5.92 Å². The third-order valence-corrected chi connectivity index (χ3v) is 3.66. The monoisotopic (exact) mass is 328 g/mol. The molecule has 2 atom stereocenters. The van der Waals surface area contributed by atoms with Crippen molar-refractivity contribution in [2.75, 3.05) is 18.9 Å². The molecule has 0 aromatic heterocycles. The smallest absolute Gasteiger partial charge is 0.311 e. The number of carbonyl (C=O) groups is 2. The number of anilines is 1. The molecule has 0 radical (unpaired) electrons. The predicted octanol–water partition coefficient (Wildman–Crippen LogP) is 0.861. The molecule has 19 heavy (non-hydrogen) atoms. The van der Waals surface area contributed by atoms with Gasteiger partial charge in [-0.2, -0.15) is 0 Å². The van der Waals surface area contributed by atoms with E-state index in [2.05, 4.69) is 21.2 Å². The molecule has 1 aliphatic rings. The van der Waals surface area contributed by atoms with Crippen LogP contribution in [-0.4, -0.2) is 36.2 Å². The van der Waals surface area contributed by atoms with E-state index < -0.39 is 17.9 Å². The van der Waals surface area contributed by atoms with E-state index in [9.17, 15) is 9.59 Å². The molecule has 1 fully saturated rings. The zero-order valence-electron chi connectivity index (χ0n) is 9.93. The molecule has 1 aliphatic heterocycles. The van der Waals surface area contributed by atoms with Gasteiger partial charge in [-0.1, -0.05) is 0 Å². The second-order valence-electron chi connectivity index (χ2n) is 4.30. The van der Waals surface area contributed by atoms with E-state index in [4.69, 9.17) is 15.6 Å². The lowest BCUT2D eigenvalue weighted by Crippen LogP contribution is -2.42. The van der Waals surface area contributed by atoms with E-state index in [0.717, 1.165) is 0 Å². The second-order valence-corrected chi connectivity index (χ2v) is 5.15. The molecule has 0 spiro atoms. The average Bonchev–Trinajstić information content (AvgIpc) is 2.80. The lowest BCUT2D eigenvalue weighted by Gasteiger charge is -2.15. The molecule has 4 N–H and O–H groups in total. The molecule has 102 valence electrons. The molecule has 6 nitrogen and oxygen atoms in total. The molecular formula is C12H13BrN2O4. The fourth-order valence-corrected chi connectivity index (χ4v) is 2.24. The number of halogens is 1. The highest BCUT2D eigenvalue weighted by atomic mass is 79.9. The van der Waals surface area contributed by atoms with E-state index in [1.807, 2.05) is 0 Å². The molecule has 0 saturated carbocycles. The van der Waals surface area contributed by atoms with Crippen molar-refractivity contribution in [2.45, 2.75) is 6.04 Å². The first-order chi connectivity index (χ1) is 8.99. The molecule has 2 rings (SSSR count). The van der Waals surface area contributed by atoms with Crippen LogP contribution >= 0.6 is 15.9 Å². The molecule has 1 amide bonds. The highest BCUT2D eigenvalue weighted by molar-refractivity contribution is 9.10. The number of carboxylic acids is 1. The van der Waals surface area contributed by atoms with Gasteiger partial charge in [0.05, 0.1) is 19.3 Å². The predicted molar refractivity (Wildman–Crippen MR) is 71.8 cm³/mol. The normalized spacial score (nSPS) is 22.2. The number of hydrogen-bond donors (Lipinski definition) is 3. The SMILES string of the molecule is Nc1ccc(C(=O)NC2COCC2C(=O)O)cc1Br. The summed E-state index contributed by atoms with van der Waals surface area (Å²) in [6.07, 6.45) is 0. The van der Waals surface area contributed by atoms with Gasteiger partial charge < -0.3 is 20.9 Å². The van der Waals surface area contributed by atoms with Crippen molar-refractivity contribution >= 4 is 33.5 Å². The minimum atomic E-state index is -0.971. The van der Waals surface area contributed by atoms with E-state index >= 15 is 0 Å². The van der Waals surface area contributed by atoms with Gasteiger partial charge in [0.15, 0.2) is 0 Å². The summed E-state index contributed by atoms with van der Waals surface area (Å²) in [6.45, 7) is 0.324. The van der Waals surface area contributed by atoms with Crippen LogP contribution in [0.1, 0.15) is 10.4 Å². The molecule has 0 aliphatic carbocycles. The van der Waals surface area contributed by atoms with Gasteiger partial charge in [-0.3, -0.25) is 9.59 Å². The molecule has 0 bridgehead atoms. The van der Waals surface area contributed by atoms with E-state index in [0.29, 0.717) is 15.7 Å². The number of ether oxygens (including phenoxy) is 1. The van der Waals surface area contributed by atoms with Crippen molar-refractivity contribution in [1.29, 1.82) is 0 Å². The number of nitrogens with one attached hydrogen (secondary N) is 1. The van der Waals surface area contributed by atoms with Gasteiger partial charge in [-0.25, -0.2) is 0 Å². The fraction of sp³-hybridized carbons (Fsp3) is 0.333. The maximum Gasteiger partial charge on any atom is 0.311 e. The van der Waals surface area contributed by atoms with Gasteiger partial charge in [0.25, 0.3) is 5.91 Å². The Kier molecular flexibility index (Phi) is 4.06. The summed E-state index contributed by atoms with van der Waals surface area (Å²) in [5.41, 5.74) is 6.58. The maximum absolute atomic E-state index is 12.0. The lowest BCUT2D eigenvalue weighted by atomic mass is 10.0. The van der Waals surface area contributed by atoms with Crippen molar-refractivity contribution in [3.05, 3.63) is 28.2 Å². The summed E-state index contributed by atoms with van der Waals surface area (Å²) in [6, 6.07) is 4.28. The lowest BCUT2D eigenvalue weighted by molar-refractivity contribution is -0.142. The number of carboxylic acid groups (broad SMARTS) is 1. The van der Waals surface area contributed by atoms with E-state index in [1.54, 1.807) is 18.2 Å². The summed E-state index contributed by atoms with van der Waals surface area (Å²) in [5, 5.41) is 11.7. The standard InChI is InChI=1S/C12H13BrN2O4/c13-8-3-6(1-2-9(8)14)11(16)15-10-5-19-4-7(10)12(17)18/h1-3,7,10H,4-5,14H2,(H,15,16)(H,17,18). The van der Waals surface area contributed by atoms with Gasteiger partial charge >= 0.3 is 5.97 Å². The summed E-state index contributed by atoms with van der Waals surface area (Å²) < 4.78 is 5.71. The summed E-state index contributed by atoms with van der Waals surface area (Å²) >= 11 is 3.24. The van der Waals surface area contributed by atoms with E-state index in [1.165, 1.54) is 0 Å². The molecular weight excluding hydrogens is 316 g/mol. The molecule has 1 aromatic carbocycles. The van der Waals surface area contributed by atoms with Crippen molar-refractivity contribution in [2.24, 2.45) is 5.92 Å². The Morgan fingerprint density at radius 3 is 2.79 bits per heavy atom. The number of aliphatic carboxylic acids is 1. The van der Waals surface area contributed by atoms with Crippen LogP contribution < -0.4 is 11.1 Å². The fourth-order valence-electron chi connectivity index (χ4n) is 1.86. The van der Waals surface area contributed by atoms with Crippen LogP contribution in [0, 0.1) is 5.92 Å². The third kappa shape index (κ3) is 3.05. The number of nitrogens with two attached hydrogens (primary N) is 1. The quantitative estimate of drug-likeness (QED) is 0.714. The summed E-state index contributed by atoms with van der Waals surface area (Å²) in [4.78, 5) is 23.0. The summed E-state index contributed by atoms with van der Waals surface area (Å²) in [7, 11) is 0. The Bertz CT molecular complexity index is 520. The Labute approximate surface area is 118 Å². The first kappa shape index (κ1) is 13.8. The largest absolute Gasteiger partial charge is 0.481 e. The van der Waals surface area contributed by atoms with Gasteiger partial charge in [0.2, 0.25) is 0 Å². The Balaban J connectivity index is 2.08. The van der Waals surface area contributed by atoms with Crippen molar-refractivity contribution in [1.82, 2.24) is 5.32 Å². The highest BCUT2D eigenvalue weighted by Crippen LogP contribution is 2.21. The molecule has 1 heterocycles. The van der Waals surface area contributed by atoms with Gasteiger partial charge in [-0.05, 0) is 34.1 Å². The number of amides is 1. The van der Waals surface area contributed by atoms with Crippen LogP contribution in [0.4, 0.5) is 5.69 Å². The van der Waals surface area contributed by atoms with Crippen molar-refractivity contribution < 1.29 is 19.4 Å². The molecule has 7 heteroatoms. The van der Waals surface area contributed by atoms with Gasteiger partial charge in [-0.15, -0.1) is 0 Å². The Morgan fingerprint density at radius 2 is 2.16 bits per heavy atom. The highest BCUT2D eigenvalue weighted by Gasteiger charge is 2.35. The van der Waals surface area contributed by atoms with Crippen LogP contribution in [0.15, 0.2) is 22.7 Å². The average molecular weight is 329 g/mol. The number of carbonyl (C=O) groups excluding carboxylic acids is 1. The zero-order valence-corrected chi connectivity index (χ0v) is 11.5. The number of benzene rings is 1. The number of nitrogen functional groups attached to an aromatic ring is 1. The first-order valence-electron chi connectivity index (χ1n) is 5.65. The van der Waals surface area contributed by atoms with Crippen LogP contribution in [0.3, 0.4) is 0 Å². The minimum absolute atomic E-state index is 0.117. The topological polar surface area (TPSA) is 102 Å². The van der Waals surface area contributed by atoms with Crippen LogP contribution in [0.5, 0.6) is 0 Å². The number of rotatable bonds is 3. The van der Waals surface area contributed by atoms with Crippen molar-refractivity contribution in [3.63, 3.8) is 0 Å². The minimum Gasteiger partial charge on any atom is -0.481 e. The molecule has 2 unspecified atom stereocenters. The Morgan fingerprint density at radius 1 is 1.42 bits per heavy atom. The maximum atomic E-state index is 12.0. The van der Waals surface area contributed by atoms with Crippen LogP contribution in [0.25, 0.3) is 0 Å². The van der Waals surface area contributed by atoms with E-state index in [-0.39, 0.29) is 19.1 Å².